The number of hydrogen-bond donors (Lipinski definition) is 0. The Balaban J connectivity index is 2.40. The van der Waals surface area contributed by atoms with Crippen molar-refractivity contribution < 1.29 is 14.3 Å². The first kappa shape index (κ1) is 14.2. The predicted octanol–water partition coefficient (Wildman–Crippen LogP) is 2.83. The number of amides is 2. The van der Waals surface area contributed by atoms with Crippen molar-refractivity contribution in [1.82, 2.24) is 4.90 Å². The molecule has 0 aliphatic heterocycles. The summed E-state index contributed by atoms with van der Waals surface area (Å²) in [6, 6.07) is 9.38. The number of carbonyl (C=O) groups is 2. The van der Waals surface area contributed by atoms with E-state index in [4.69, 9.17) is 4.74 Å². The molecule has 0 saturated carbocycles. The van der Waals surface area contributed by atoms with Gasteiger partial charge >= 0.3 is 6.09 Å². The lowest BCUT2D eigenvalue weighted by molar-refractivity contribution is -0.117. The van der Waals surface area contributed by atoms with Crippen LogP contribution in [0.4, 0.5) is 4.79 Å². The highest BCUT2D eigenvalue weighted by molar-refractivity contribution is 5.80. The number of rotatable bonds is 6. The number of nitrogens with zero attached hydrogens (tertiary/aromatic N) is 1. The van der Waals surface area contributed by atoms with E-state index >= 15 is 0 Å². The maximum atomic E-state index is 11.6. The molecule has 2 amide bonds. The van der Waals surface area contributed by atoms with Crippen LogP contribution in [0.25, 0.3) is 0 Å². The van der Waals surface area contributed by atoms with Gasteiger partial charge in [0.05, 0.1) is 0 Å². The summed E-state index contributed by atoms with van der Waals surface area (Å²) < 4.78 is 5.07. The van der Waals surface area contributed by atoms with E-state index in [0.717, 1.165) is 16.9 Å². The van der Waals surface area contributed by atoms with Crippen molar-refractivity contribution in [2.75, 3.05) is 6.54 Å². The molecule has 0 heterocycles. The number of ether oxygens (including phenoxy) is 1. The van der Waals surface area contributed by atoms with Gasteiger partial charge in [-0.1, -0.05) is 44.2 Å². The van der Waals surface area contributed by atoms with Gasteiger partial charge in [0, 0.05) is 6.54 Å². The van der Waals surface area contributed by atoms with Crippen molar-refractivity contribution >= 4 is 12.5 Å². The Hall–Kier alpha value is -1.84. The first-order valence-corrected chi connectivity index (χ1v) is 6.06. The normalized spacial score (nSPS) is 10.2. The second-order valence-electron chi connectivity index (χ2n) is 4.52. The molecule has 0 atom stereocenters. The second-order valence-corrected chi connectivity index (χ2v) is 4.52. The summed E-state index contributed by atoms with van der Waals surface area (Å²) in [6.07, 6.45) is 0.712. The quantitative estimate of drug-likeness (QED) is 0.728. The van der Waals surface area contributed by atoms with E-state index in [1.54, 1.807) is 0 Å². The largest absolute Gasteiger partial charge is 0.444 e. The van der Waals surface area contributed by atoms with Crippen LogP contribution in [0.5, 0.6) is 0 Å². The first-order chi connectivity index (χ1) is 8.63. The fourth-order valence-corrected chi connectivity index (χ4v) is 1.39. The Morgan fingerprint density at radius 3 is 2.56 bits per heavy atom. The fraction of sp³-hybridized carbons (Fsp3) is 0.429. The number of imide groups is 1. The average molecular weight is 249 g/mol. The van der Waals surface area contributed by atoms with Gasteiger partial charge < -0.3 is 4.74 Å². The highest BCUT2D eigenvalue weighted by Crippen LogP contribution is 2.05. The molecule has 0 radical (unpaired) electrons. The molecular weight excluding hydrogens is 230 g/mol. The maximum absolute atomic E-state index is 11.6. The van der Waals surface area contributed by atoms with Crippen LogP contribution in [0.3, 0.4) is 0 Å². The zero-order chi connectivity index (χ0) is 13.4. The van der Waals surface area contributed by atoms with Gasteiger partial charge in [-0.3, -0.25) is 9.69 Å². The van der Waals surface area contributed by atoms with E-state index in [0.29, 0.717) is 18.9 Å². The van der Waals surface area contributed by atoms with Crippen molar-refractivity contribution in [3.8, 4) is 0 Å². The Labute approximate surface area is 108 Å². The number of carbonyl (C=O) groups excluding carboxylic acids is 2. The van der Waals surface area contributed by atoms with Gasteiger partial charge in [0.25, 0.3) is 0 Å². The van der Waals surface area contributed by atoms with Gasteiger partial charge in [-0.25, -0.2) is 4.79 Å². The van der Waals surface area contributed by atoms with Gasteiger partial charge in [-0.05, 0) is 17.9 Å². The molecule has 0 aliphatic carbocycles. The molecule has 1 rings (SSSR count). The van der Waals surface area contributed by atoms with Gasteiger partial charge in [0.2, 0.25) is 6.41 Å². The minimum atomic E-state index is -0.588. The predicted molar refractivity (Wildman–Crippen MR) is 68.9 cm³/mol. The third-order valence-corrected chi connectivity index (χ3v) is 2.51. The van der Waals surface area contributed by atoms with Crippen molar-refractivity contribution in [3.05, 3.63) is 35.9 Å². The van der Waals surface area contributed by atoms with Crippen LogP contribution < -0.4 is 0 Å². The molecule has 0 N–H and O–H groups in total. The first-order valence-electron chi connectivity index (χ1n) is 6.06. The Morgan fingerprint density at radius 2 is 2.00 bits per heavy atom. The van der Waals surface area contributed by atoms with Crippen molar-refractivity contribution in [1.29, 1.82) is 0 Å². The standard InChI is InChI=1S/C14H19NO3/c1-12(2)8-9-15(11-16)14(17)18-10-13-6-4-3-5-7-13/h3-7,11-12H,8-10H2,1-2H3. The summed E-state index contributed by atoms with van der Waals surface area (Å²) in [5.41, 5.74) is 0.903. The Morgan fingerprint density at radius 1 is 1.33 bits per heavy atom. The summed E-state index contributed by atoms with van der Waals surface area (Å²) in [4.78, 5) is 23.5. The molecule has 0 fully saturated rings. The third kappa shape index (κ3) is 4.99. The van der Waals surface area contributed by atoms with Gasteiger partial charge in [0.15, 0.2) is 0 Å². The maximum Gasteiger partial charge on any atom is 0.416 e. The molecule has 1 aromatic rings. The summed E-state index contributed by atoms with van der Waals surface area (Å²) in [5, 5.41) is 0. The summed E-state index contributed by atoms with van der Waals surface area (Å²) in [6.45, 7) is 4.66. The van der Waals surface area contributed by atoms with Crippen molar-refractivity contribution in [2.45, 2.75) is 26.9 Å². The van der Waals surface area contributed by atoms with E-state index in [2.05, 4.69) is 0 Å². The smallest absolute Gasteiger partial charge is 0.416 e. The molecule has 18 heavy (non-hydrogen) atoms. The highest BCUT2D eigenvalue weighted by Gasteiger charge is 2.14. The minimum Gasteiger partial charge on any atom is -0.444 e. The molecule has 0 aliphatic rings. The monoisotopic (exact) mass is 249 g/mol. The summed E-state index contributed by atoms with van der Waals surface area (Å²) in [7, 11) is 0. The van der Waals surface area contributed by atoms with Crippen LogP contribution in [0.2, 0.25) is 0 Å². The molecule has 0 saturated heterocycles. The lowest BCUT2D eigenvalue weighted by atomic mass is 10.1. The van der Waals surface area contributed by atoms with Crippen LogP contribution in [0, 0.1) is 5.92 Å². The zero-order valence-corrected chi connectivity index (χ0v) is 10.8. The zero-order valence-electron chi connectivity index (χ0n) is 10.8. The molecule has 1 aromatic carbocycles. The third-order valence-electron chi connectivity index (χ3n) is 2.51. The second kappa shape index (κ2) is 7.48. The van der Waals surface area contributed by atoms with E-state index in [-0.39, 0.29) is 6.61 Å². The topological polar surface area (TPSA) is 46.6 Å². The van der Waals surface area contributed by atoms with Crippen LogP contribution >= 0.6 is 0 Å². The van der Waals surface area contributed by atoms with Crippen molar-refractivity contribution in [2.24, 2.45) is 5.92 Å². The lowest BCUT2D eigenvalue weighted by Gasteiger charge is -2.16. The number of hydrogen-bond acceptors (Lipinski definition) is 3. The van der Waals surface area contributed by atoms with Gasteiger partial charge in [-0.2, -0.15) is 0 Å². The van der Waals surface area contributed by atoms with Gasteiger partial charge in [0.1, 0.15) is 6.61 Å². The Bertz CT molecular complexity index is 376. The molecular formula is C14H19NO3. The average Bonchev–Trinajstić information content (AvgIpc) is 2.38. The fourth-order valence-electron chi connectivity index (χ4n) is 1.39. The van der Waals surface area contributed by atoms with Crippen molar-refractivity contribution in [3.63, 3.8) is 0 Å². The summed E-state index contributed by atoms with van der Waals surface area (Å²) in [5.74, 6) is 0.439. The molecule has 4 heteroatoms. The Kier molecular flexibility index (Phi) is 5.91. The molecule has 0 bridgehead atoms. The molecule has 0 aromatic heterocycles. The number of benzene rings is 1. The van der Waals surface area contributed by atoms with E-state index < -0.39 is 6.09 Å². The highest BCUT2D eigenvalue weighted by atomic mass is 16.6. The lowest BCUT2D eigenvalue weighted by Crippen LogP contribution is -2.31. The van der Waals surface area contributed by atoms with Crippen LogP contribution in [0.15, 0.2) is 30.3 Å². The van der Waals surface area contributed by atoms with E-state index in [1.165, 1.54) is 0 Å². The molecule has 0 unspecified atom stereocenters. The van der Waals surface area contributed by atoms with Crippen LogP contribution in [0.1, 0.15) is 25.8 Å². The van der Waals surface area contributed by atoms with E-state index in [1.807, 2.05) is 44.2 Å². The SMILES string of the molecule is CC(C)CCN(C=O)C(=O)OCc1ccccc1. The van der Waals surface area contributed by atoms with E-state index in [9.17, 15) is 9.59 Å². The van der Waals surface area contributed by atoms with Crippen LogP contribution in [-0.2, 0) is 16.1 Å². The van der Waals surface area contributed by atoms with Gasteiger partial charge in [-0.15, -0.1) is 0 Å². The minimum absolute atomic E-state index is 0.186. The summed E-state index contributed by atoms with van der Waals surface area (Å²) >= 11 is 0. The molecule has 0 spiro atoms. The van der Waals surface area contributed by atoms with Crippen LogP contribution in [-0.4, -0.2) is 23.9 Å². The molecule has 4 nitrogen and oxygen atoms in total. The molecule has 98 valence electrons.